The highest BCUT2D eigenvalue weighted by atomic mass is 35.5. The number of halogens is 1. The molecule has 4 heteroatoms. The number of nitrogens with two attached hydrogens (primary N) is 1. The number of hydrogen-bond acceptors (Lipinski definition) is 1. The molecule has 0 bridgehead atoms. The second kappa shape index (κ2) is 6.26. The van der Waals surface area contributed by atoms with Gasteiger partial charge < -0.3 is 22.6 Å². The van der Waals surface area contributed by atoms with Crippen molar-refractivity contribution in [2.45, 2.75) is 12.8 Å². The van der Waals surface area contributed by atoms with Gasteiger partial charge in [0.05, 0.1) is 33.5 Å². The van der Waals surface area contributed by atoms with E-state index in [1.165, 1.54) is 0 Å². The molecule has 0 aliphatic heterocycles. The van der Waals surface area contributed by atoms with Crippen LogP contribution in [0.2, 0.25) is 0 Å². The van der Waals surface area contributed by atoms with Crippen LogP contribution in [0, 0.1) is 0 Å². The molecule has 0 saturated carbocycles. The van der Waals surface area contributed by atoms with Crippen molar-refractivity contribution in [2.75, 3.05) is 34.7 Å². The molecular weight excluding hydrogens is 174 g/mol. The Labute approximate surface area is 81.7 Å². The lowest BCUT2D eigenvalue weighted by molar-refractivity contribution is -0.870. The van der Waals surface area contributed by atoms with Gasteiger partial charge in [-0.1, -0.05) is 0 Å². The van der Waals surface area contributed by atoms with Crippen LogP contribution >= 0.6 is 0 Å². The Hall–Kier alpha value is -0.280. The van der Waals surface area contributed by atoms with Crippen molar-refractivity contribution in [1.29, 1.82) is 0 Å². The molecule has 0 spiro atoms. The molecule has 0 aromatic heterocycles. The number of aliphatic imine (C=N–C) groups is 1. The lowest BCUT2D eigenvalue weighted by atomic mass is 10.2. The Morgan fingerprint density at radius 1 is 1.33 bits per heavy atom. The van der Waals surface area contributed by atoms with Crippen LogP contribution in [-0.2, 0) is 0 Å². The summed E-state index contributed by atoms with van der Waals surface area (Å²) in [4.78, 5) is 3.90. The Morgan fingerprint density at radius 3 is 2.17 bits per heavy atom. The number of hydrogen-bond donors (Lipinski definition) is 1. The average molecular weight is 194 g/mol. The minimum atomic E-state index is 0. The van der Waals surface area contributed by atoms with Gasteiger partial charge >= 0.3 is 0 Å². The maximum Gasteiger partial charge on any atom is 0.0935 e. The molecule has 12 heavy (non-hydrogen) atoms. The molecule has 0 saturated heterocycles. The van der Waals surface area contributed by atoms with Crippen LogP contribution in [0.4, 0.5) is 0 Å². The zero-order valence-corrected chi connectivity index (χ0v) is 9.23. The van der Waals surface area contributed by atoms with Crippen molar-refractivity contribution in [3.63, 3.8) is 0 Å². The monoisotopic (exact) mass is 193 g/mol. The van der Waals surface area contributed by atoms with E-state index in [1.54, 1.807) is 7.05 Å². The fourth-order valence-corrected chi connectivity index (χ4v) is 0.846. The molecule has 0 unspecified atom stereocenters. The topological polar surface area (TPSA) is 38.4 Å². The van der Waals surface area contributed by atoms with E-state index in [1.807, 2.05) is 0 Å². The Balaban J connectivity index is 0. The summed E-state index contributed by atoms with van der Waals surface area (Å²) in [6.07, 6.45) is 2.04. The van der Waals surface area contributed by atoms with Crippen LogP contribution < -0.4 is 18.1 Å². The summed E-state index contributed by atoms with van der Waals surface area (Å²) in [5.74, 6) is 0.762. The highest BCUT2D eigenvalue weighted by Gasteiger charge is 2.05. The van der Waals surface area contributed by atoms with Gasteiger partial charge in [-0.25, -0.2) is 0 Å². The van der Waals surface area contributed by atoms with E-state index in [4.69, 9.17) is 5.73 Å². The van der Waals surface area contributed by atoms with Gasteiger partial charge in [0.25, 0.3) is 0 Å². The molecule has 0 amide bonds. The number of nitrogens with zero attached hydrogens (tertiary/aromatic N) is 2. The first-order valence-corrected chi connectivity index (χ1v) is 3.97. The summed E-state index contributed by atoms with van der Waals surface area (Å²) in [5.41, 5.74) is 5.55. The van der Waals surface area contributed by atoms with Gasteiger partial charge in [-0.15, -0.1) is 0 Å². The molecule has 0 aromatic carbocycles. The molecule has 0 atom stereocenters. The maximum absolute atomic E-state index is 5.55. The van der Waals surface area contributed by atoms with E-state index in [0.717, 1.165) is 29.7 Å². The quantitative estimate of drug-likeness (QED) is 0.299. The van der Waals surface area contributed by atoms with Gasteiger partial charge in [-0.05, 0) is 0 Å². The van der Waals surface area contributed by atoms with Gasteiger partial charge in [-0.3, -0.25) is 4.99 Å². The Kier molecular flexibility index (Phi) is 7.44. The van der Waals surface area contributed by atoms with Crippen molar-refractivity contribution >= 4 is 5.84 Å². The van der Waals surface area contributed by atoms with Crippen LogP contribution in [0.1, 0.15) is 12.8 Å². The molecular formula is C8H20ClN3. The Bertz CT molecular complexity index is 138. The minimum Gasteiger partial charge on any atom is -1.00 e. The number of rotatable bonds is 4. The predicted molar refractivity (Wildman–Crippen MR) is 49.7 cm³/mol. The minimum absolute atomic E-state index is 0. The van der Waals surface area contributed by atoms with Crippen molar-refractivity contribution < 1.29 is 16.9 Å². The van der Waals surface area contributed by atoms with E-state index >= 15 is 0 Å². The molecule has 0 radical (unpaired) electrons. The molecule has 2 N–H and O–H groups in total. The second-order valence-corrected chi connectivity index (χ2v) is 3.83. The molecule has 0 fully saturated rings. The van der Waals surface area contributed by atoms with Crippen molar-refractivity contribution in [2.24, 2.45) is 10.7 Å². The first-order valence-electron chi connectivity index (χ1n) is 3.97. The maximum atomic E-state index is 5.55. The van der Waals surface area contributed by atoms with Crippen molar-refractivity contribution in [3.8, 4) is 0 Å². The van der Waals surface area contributed by atoms with Gasteiger partial charge in [0.2, 0.25) is 0 Å². The third-order valence-corrected chi connectivity index (χ3v) is 1.55. The summed E-state index contributed by atoms with van der Waals surface area (Å²) < 4.78 is 0.997. The van der Waals surface area contributed by atoms with Gasteiger partial charge in [-0.2, -0.15) is 0 Å². The zero-order chi connectivity index (χ0) is 8.91. The molecule has 0 aromatic rings. The molecule has 0 aliphatic carbocycles. The van der Waals surface area contributed by atoms with Crippen LogP contribution in [0.5, 0.6) is 0 Å². The van der Waals surface area contributed by atoms with E-state index in [2.05, 4.69) is 26.1 Å². The smallest absolute Gasteiger partial charge is 0.0935 e. The van der Waals surface area contributed by atoms with E-state index in [-0.39, 0.29) is 12.4 Å². The summed E-state index contributed by atoms with van der Waals surface area (Å²) in [6.45, 7) is 1.15. The van der Waals surface area contributed by atoms with Crippen molar-refractivity contribution in [1.82, 2.24) is 0 Å². The van der Waals surface area contributed by atoms with Crippen LogP contribution in [0.3, 0.4) is 0 Å². The van der Waals surface area contributed by atoms with Gasteiger partial charge in [0.15, 0.2) is 0 Å². The van der Waals surface area contributed by atoms with Gasteiger partial charge in [0.1, 0.15) is 0 Å². The third-order valence-electron chi connectivity index (χ3n) is 1.55. The Morgan fingerprint density at radius 2 is 1.83 bits per heavy atom. The zero-order valence-electron chi connectivity index (χ0n) is 8.47. The lowest BCUT2D eigenvalue weighted by Gasteiger charge is -2.23. The summed E-state index contributed by atoms with van der Waals surface area (Å²) in [7, 11) is 8.28. The summed E-state index contributed by atoms with van der Waals surface area (Å²) in [6, 6.07) is 0. The fraction of sp³-hybridized carbons (Fsp3) is 0.875. The van der Waals surface area contributed by atoms with Crippen LogP contribution in [0.15, 0.2) is 4.99 Å². The molecule has 0 aliphatic rings. The third kappa shape index (κ3) is 9.72. The molecule has 0 heterocycles. The van der Waals surface area contributed by atoms with Crippen molar-refractivity contribution in [3.05, 3.63) is 0 Å². The van der Waals surface area contributed by atoms with E-state index in [0.29, 0.717) is 0 Å². The predicted octanol–water partition coefficient (Wildman–Crippen LogP) is -2.54. The molecule has 74 valence electrons. The number of quaternary nitrogens is 1. The van der Waals surface area contributed by atoms with E-state index in [9.17, 15) is 0 Å². The molecule has 0 rings (SSSR count). The fourth-order valence-electron chi connectivity index (χ4n) is 0.846. The largest absolute Gasteiger partial charge is 1.00 e. The summed E-state index contributed by atoms with van der Waals surface area (Å²) in [5, 5.41) is 0. The summed E-state index contributed by atoms with van der Waals surface area (Å²) >= 11 is 0. The molecule has 3 nitrogen and oxygen atoms in total. The van der Waals surface area contributed by atoms with Gasteiger partial charge in [0, 0.05) is 19.9 Å². The SMILES string of the molecule is CN=C(N)CCC[N+](C)(C)C.[Cl-]. The normalized spacial score (nSPS) is 12.5. The average Bonchev–Trinajstić information content (AvgIpc) is 1.85. The standard InChI is InChI=1S/C8H20N3.ClH/c1-10-8(9)6-5-7-11(2,3)4;/h5-7H2,1-4H3,(H2,9,10);1H/q+1;/p-1. The number of amidine groups is 1. The van der Waals surface area contributed by atoms with Crippen LogP contribution in [-0.4, -0.2) is 45.1 Å². The first-order chi connectivity index (χ1) is 4.95. The highest BCUT2D eigenvalue weighted by molar-refractivity contribution is 5.79. The van der Waals surface area contributed by atoms with Crippen LogP contribution in [0.25, 0.3) is 0 Å². The van der Waals surface area contributed by atoms with E-state index < -0.39 is 0 Å². The first kappa shape index (κ1) is 14.3. The second-order valence-electron chi connectivity index (χ2n) is 3.83. The lowest BCUT2D eigenvalue weighted by Crippen LogP contribution is -3.00. The highest BCUT2D eigenvalue weighted by Crippen LogP contribution is 1.96.